The van der Waals surface area contributed by atoms with Gasteiger partial charge in [0, 0.05) is 18.3 Å². The first-order valence-corrected chi connectivity index (χ1v) is 6.77. The van der Waals surface area contributed by atoms with Gasteiger partial charge in [-0.25, -0.2) is 4.79 Å². The molecule has 2 atom stereocenters. The van der Waals surface area contributed by atoms with E-state index in [1.165, 1.54) is 6.20 Å². The van der Waals surface area contributed by atoms with Crippen LogP contribution in [0, 0.1) is 5.92 Å². The van der Waals surface area contributed by atoms with E-state index in [2.05, 4.69) is 10.3 Å². The number of aromatic amines is 1. The number of carboxylic acids is 1. The Bertz CT molecular complexity index is 648. The maximum Gasteiger partial charge on any atom is 0.328 e. The van der Waals surface area contributed by atoms with Gasteiger partial charge in [0.05, 0.1) is 5.92 Å². The van der Waals surface area contributed by atoms with Crippen LogP contribution in [0.3, 0.4) is 0 Å². The number of nitrogens with zero attached hydrogens (tertiary/aromatic N) is 1. The number of hydrogen-bond donors (Lipinski definition) is 3. The van der Waals surface area contributed by atoms with Gasteiger partial charge in [-0.15, -0.1) is 0 Å². The first-order valence-electron chi connectivity index (χ1n) is 6.77. The van der Waals surface area contributed by atoms with Crippen LogP contribution in [-0.2, 0) is 16.1 Å². The third kappa shape index (κ3) is 4.04. The number of H-pyrrole nitrogens is 1. The summed E-state index contributed by atoms with van der Waals surface area (Å²) in [5.41, 5.74) is -1.17. The SMILES string of the molecule is O=C(Cn1ccc(=O)[nH]c1=O)NC1CCCC(C(=O)O)C1. The number of carboxylic acid groups (broad SMARTS) is 1. The molecule has 1 aromatic heterocycles. The van der Waals surface area contributed by atoms with Crippen molar-refractivity contribution < 1.29 is 14.7 Å². The summed E-state index contributed by atoms with van der Waals surface area (Å²) in [6.45, 7) is -0.205. The molecule has 2 rings (SSSR count). The molecule has 0 spiro atoms. The topological polar surface area (TPSA) is 121 Å². The number of carbonyl (C=O) groups excluding carboxylic acids is 1. The van der Waals surface area contributed by atoms with Crippen LogP contribution in [0.25, 0.3) is 0 Å². The van der Waals surface area contributed by atoms with Crippen LogP contribution < -0.4 is 16.6 Å². The number of rotatable bonds is 4. The molecule has 1 aromatic rings. The molecule has 1 aliphatic rings. The molecule has 0 aliphatic heterocycles. The Morgan fingerprint density at radius 3 is 2.81 bits per heavy atom. The highest BCUT2D eigenvalue weighted by Gasteiger charge is 2.27. The first-order chi connectivity index (χ1) is 9.95. The Hall–Kier alpha value is -2.38. The molecule has 0 saturated heterocycles. The summed E-state index contributed by atoms with van der Waals surface area (Å²) in [6.07, 6.45) is 3.76. The molecule has 1 amide bonds. The van der Waals surface area contributed by atoms with Gasteiger partial charge < -0.3 is 10.4 Å². The quantitative estimate of drug-likeness (QED) is 0.678. The zero-order valence-corrected chi connectivity index (χ0v) is 11.4. The molecular weight excluding hydrogens is 278 g/mol. The third-order valence-electron chi connectivity index (χ3n) is 3.60. The predicted octanol–water partition coefficient (Wildman–Crippen LogP) is -0.704. The minimum absolute atomic E-state index is 0.189. The minimum Gasteiger partial charge on any atom is -0.481 e. The van der Waals surface area contributed by atoms with Crippen LogP contribution >= 0.6 is 0 Å². The Morgan fingerprint density at radius 1 is 1.38 bits per heavy atom. The van der Waals surface area contributed by atoms with E-state index in [9.17, 15) is 19.2 Å². The lowest BCUT2D eigenvalue weighted by Gasteiger charge is -2.27. The molecule has 8 heteroatoms. The maximum atomic E-state index is 11.9. The molecule has 1 aliphatic carbocycles. The second-order valence-electron chi connectivity index (χ2n) is 5.20. The molecule has 1 heterocycles. The van der Waals surface area contributed by atoms with E-state index in [0.29, 0.717) is 12.8 Å². The smallest absolute Gasteiger partial charge is 0.328 e. The molecule has 1 fully saturated rings. The first kappa shape index (κ1) is 15.0. The van der Waals surface area contributed by atoms with E-state index in [0.717, 1.165) is 23.5 Å². The summed E-state index contributed by atoms with van der Waals surface area (Å²) in [5, 5.41) is 11.7. The number of amides is 1. The summed E-state index contributed by atoms with van der Waals surface area (Å²) >= 11 is 0. The minimum atomic E-state index is -0.842. The van der Waals surface area contributed by atoms with Crippen molar-refractivity contribution in [1.29, 1.82) is 0 Å². The lowest BCUT2D eigenvalue weighted by Crippen LogP contribution is -2.43. The van der Waals surface area contributed by atoms with Crippen molar-refractivity contribution in [1.82, 2.24) is 14.9 Å². The zero-order valence-electron chi connectivity index (χ0n) is 11.4. The molecule has 114 valence electrons. The van der Waals surface area contributed by atoms with E-state index < -0.39 is 23.1 Å². The van der Waals surface area contributed by atoms with Crippen LogP contribution in [0.2, 0.25) is 0 Å². The summed E-state index contributed by atoms with van der Waals surface area (Å²) in [5.74, 6) is -1.65. The largest absolute Gasteiger partial charge is 0.481 e. The molecule has 0 radical (unpaired) electrons. The van der Waals surface area contributed by atoms with Crippen LogP contribution in [0.1, 0.15) is 25.7 Å². The van der Waals surface area contributed by atoms with Crippen LogP contribution in [0.4, 0.5) is 0 Å². The van der Waals surface area contributed by atoms with E-state index >= 15 is 0 Å². The fraction of sp³-hybridized carbons (Fsp3) is 0.538. The van der Waals surface area contributed by atoms with Crippen molar-refractivity contribution in [2.45, 2.75) is 38.3 Å². The van der Waals surface area contributed by atoms with Gasteiger partial charge in [-0.05, 0) is 19.3 Å². The fourth-order valence-electron chi connectivity index (χ4n) is 2.54. The highest BCUT2D eigenvalue weighted by Crippen LogP contribution is 2.24. The summed E-state index contributed by atoms with van der Waals surface area (Å²) in [6, 6.07) is 0.973. The molecule has 0 bridgehead atoms. The molecule has 3 N–H and O–H groups in total. The number of nitrogens with one attached hydrogen (secondary N) is 2. The van der Waals surface area contributed by atoms with E-state index in [-0.39, 0.29) is 18.5 Å². The van der Waals surface area contributed by atoms with Crippen molar-refractivity contribution in [3.05, 3.63) is 33.1 Å². The molecule has 2 unspecified atom stereocenters. The van der Waals surface area contributed by atoms with Crippen molar-refractivity contribution in [3.8, 4) is 0 Å². The third-order valence-corrected chi connectivity index (χ3v) is 3.60. The standard InChI is InChI=1S/C13H17N3O5/c17-10-4-5-16(13(21)15-10)7-11(18)14-9-3-1-2-8(6-9)12(19)20/h4-5,8-9H,1-3,6-7H2,(H,14,18)(H,19,20)(H,15,17,21). The van der Waals surface area contributed by atoms with Crippen molar-refractivity contribution in [2.24, 2.45) is 5.92 Å². The normalized spacial score (nSPS) is 21.7. The fourth-order valence-corrected chi connectivity index (χ4v) is 2.54. The van der Waals surface area contributed by atoms with Gasteiger partial charge in [0.25, 0.3) is 5.56 Å². The molecule has 1 saturated carbocycles. The number of carbonyl (C=O) groups is 2. The van der Waals surface area contributed by atoms with Gasteiger partial charge >= 0.3 is 11.7 Å². The van der Waals surface area contributed by atoms with Gasteiger partial charge in [0.1, 0.15) is 6.54 Å². The number of aliphatic carboxylic acids is 1. The Balaban J connectivity index is 1.94. The van der Waals surface area contributed by atoms with Crippen LogP contribution in [0.15, 0.2) is 21.9 Å². The van der Waals surface area contributed by atoms with Crippen LogP contribution in [-0.4, -0.2) is 32.6 Å². The second-order valence-corrected chi connectivity index (χ2v) is 5.20. The van der Waals surface area contributed by atoms with Crippen molar-refractivity contribution in [3.63, 3.8) is 0 Å². The highest BCUT2D eigenvalue weighted by atomic mass is 16.4. The summed E-state index contributed by atoms with van der Waals surface area (Å²) < 4.78 is 1.09. The average molecular weight is 295 g/mol. The number of aromatic nitrogens is 2. The second kappa shape index (κ2) is 6.38. The van der Waals surface area contributed by atoms with E-state index in [4.69, 9.17) is 5.11 Å². The molecular formula is C13H17N3O5. The Morgan fingerprint density at radius 2 is 2.14 bits per heavy atom. The van der Waals surface area contributed by atoms with Crippen molar-refractivity contribution in [2.75, 3.05) is 0 Å². The predicted molar refractivity (Wildman–Crippen MR) is 72.8 cm³/mol. The molecule has 8 nitrogen and oxygen atoms in total. The average Bonchev–Trinajstić information content (AvgIpc) is 2.42. The highest BCUT2D eigenvalue weighted by molar-refractivity contribution is 5.76. The Kier molecular flexibility index (Phi) is 4.56. The number of hydrogen-bond acceptors (Lipinski definition) is 4. The molecule has 0 aromatic carbocycles. The van der Waals surface area contributed by atoms with Gasteiger partial charge in [0.15, 0.2) is 0 Å². The van der Waals surface area contributed by atoms with Gasteiger partial charge in [0.2, 0.25) is 5.91 Å². The monoisotopic (exact) mass is 295 g/mol. The Labute approximate surface area is 119 Å². The lowest BCUT2D eigenvalue weighted by atomic mass is 9.86. The zero-order chi connectivity index (χ0) is 15.4. The summed E-state index contributed by atoms with van der Waals surface area (Å²) in [7, 11) is 0. The summed E-state index contributed by atoms with van der Waals surface area (Å²) in [4.78, 5) is 47.3. The van der Waals surface area contributed by atoms with Gasteiger partial charge in [-0.1, -0.05) is 6.42 Å². The van der Waals surface area contributed by atoms with Gasteiger partial charge in [-0.3, -0.25) is 23.9 Å². The molecule has 21 heavy (non-hydrogen) atoms. The van der Waals surface area contributed by atoms with Gasteiger partial charge in [-0.2, -0.15) is 0 Å². The maximum absolute atomic E-state index is 11.9. The van der Waals surface area contributed by atoms with E-state index in [1.54, 1.807) is 0 Å². The van der Waals surface area contributed by atoms with E-state index in [1.807, 2.05) is 0 Å². The van der Waals surface area contributed by atoms with Crippen molar-refractivity contribution >= 4 is 11.9 Å². The van der Waals surface area contributed by atoms with Crippen LogP contribution in [0.5, 0.6) is 0 Å². The lowest BCUT2D eigenvalue weighted by molar-refractivity contribution is -0.143.